The third kappa shape index (κ3) is 6.72. The van der Waals surface area contributed by atoms with E-state index >= 15 is 0 Å². The van der Waals surface area contributed by atoms with Gasteiger partial charge in [0, 0.05) is 6.61 Å². The minimum Gasteiger partial charge on any atom is -0.469 e. The summed E-state index contributed by atoms with van der Waals surface area (Å²) in [5.74, 6) is -0.512. The third-order valence-electron chi connectivity index (χ3n) is 6.95. The summed E-state index contributed by atoms with van der Waals surface area (Å²) in [5, 5.41) is 2.41. The predicted molar refractivity (Wildman–Crippen MR) is 149 cm³/mol. The molecular formula is C31H40O4Si. The molecule has 0 aliphatic rings. The summed E-state index contributed by atoms with van der Waals surface area (Å²) in [6.07, 6.45) is 0.704. The lowest BCUT2D eigenvalue weighted by atomic mass is 9.92. The molecule has 0 aliphatic carbocycles. The zero-order valence-electron chi connectivity index (χ0n) is 22.3. The molecule has 36 heavy (non-hydrogen) atoms. The van der Waals surface area contributed by atoms with Gasteiger partial charge in [-0.15, -0.1) is 0 Å². The van der Waals surface area contributed by atoms with Gasteiger partial charge in [0.1, 0.15) is 0 Å². The number of esters is 1. The van der Waals surface area contributed by atoms with E-state index in [9.17, 15) is 4.79 Å². The summed E-state index contributed by atoms with van der Waals surface area (Å²) in [7, 11) is -1.18. The smallest absolute Gasteiger partial charge is 0.308 e. The molecule has 0 heterocycles. The second kappa shape index (κ2) is 13.0. The van der Waals surface area contributed by atoms with Gasteiger partial charge in [0.25, 0.3) is 8.32 Å². The van der Waals surface area contributed by atoms with Crippen molar-refractivity contribution in [1.29, 1.82) is 0 Å². The Bertz CT molecular complexity index is 1010. The summed E-state index contributed by atoms with van der Waals surface area (Å²) in [6, 6.07) is 31.4. The molecule has 0 N–H and O–H groups in total. The zero-order chi connectivity index (χ0) is 26.0. The Morgan fingerprint density at radius 3 is 1.81 bits per heavy atom. The maximum atomic E-state index is 12.4. The van der Waals surface area contributed by atoms with E-state index in [4.69, 9.17) is 13.9 Å². The average molecular weight is 505 g/mol. The Morgan fingerprint density at radius 1 is 0.833 bits per heavy atom. The van der Waals surface area contributed by atoms with Crippen LogP contribution in [-0.4, -0.2) is 34.6 Å². The molecule has 0 aliphatic heterocycles. The molecule has 3 rings (SSSR count). The number of rotatable bonds is 12. The molecule has 3 aromatic carbocycles. The minimum absolute atomic E-state index is 0.0145. The topological polar surface area (TPSA) is 44.8 Å². The molecule has 0 aromatic heterocycles. The first-order valence-electron chi connectivity index (χ1n) is 12.7. The van der Waals surface area contributed by atoms with Crippen LogP contribution in [0.2, 0.25) is 5.04 Å². The fourth-order valence-electron chi connectivity index (χ4n) is 4.88. The fraction of sp³-hybridized carbons (Fsp3) is 0.387. The van der Waals surface area contributed by atoms with Gasteiger partial charge in [-0.25, -0.2) is 0 Å². The van der Waals surface area contributed by atoms with E-state index in [1.165, 1.54) is 17.5 Å². The lowest BCUT2D eigenvalue weighted by molar-refractivity contribution is -0.147. The van der Waals surface area contributed by atoms with Gasteiger partial charge in [-0.3, -0.25) is 4.79 Å². The van der Waals surface area contributed by atoms with Crippen molar-refractivity contribution in [2.45, 2.75) is 45.8 Å². The second-order valence-electron chi connectivity index (χ2n) is 10.4. The van der Waals surface area contributed by atoms with Crippen molar-refractivity contribution in [3.63, 3.8) is 0 Å². The van der Waals surface area contributed by atoms with E-state index in [1.54, 1.807) is 0 Å². The van der Waals surface area contributed by atoms with E-state index in [0.717, 1.165) is 5.56 Å². The van der Waals surface area contributed by atoms with Crippen LogP contribution in [0.15, 0.2) is 91.0 Å². The van der Waals surface area contributed by atoms with Crippen molar-refractivity contribution in [2.75, 3.05) is 20.3 Å². The molecule has 0 bridgehead atoms. The van der Waals surface area contributed by atoms with Crippen molar-refractivity contribution >= 4 is 24.7 Å². The lowest BCUT2D eigenvalue weighted by Gasteiger charge is -2.43. The van der Waals surface area contributed by atoms with Crippen LogP contribution in [0.3, 0.4) is 0 Å². The Balaban J connectivity index is 1.82. The van der Waals surface area contributed by atoms with Gasteiger partial charge in [-0.2, -0.15) is 0 Å². The highest BCUT2D eigenvalue weighted by atomic mass is 28.4. The molecule has 0 saturated heterocycles. The highest BCUT2D eigenvalue weighted by molar-refractivity contribution is 6.99. The largest absolute Gasteiger partial charge is 0.469 e. The third-order valence-corrected chi connectivity index (χ3v) is 12.0. The molecule has 0 fully saturated rings. The lowest BCUT2D eigenvalue weighted by Crippen LogP contribution is -2.66. The minimum atomic E-state index is -2.63. The van der Waals surface area contributed by atoms with Crippen LogP contribution in [-0.2, 0) is 25.3 Å². The number of hydrogen-bond donors (Lipinski definition) is 0. The number of carbonyl (C=O) groups excluding carboxylic acids is 1. The first kappa shape index (κ1) is 27.8. The van der Waals surface area contributed by atoms with Gasteiger partial charge >= 0.3 is 5.97 Å². The molecule has 2 atom stereocenters. The average Bonchev–Trinajstić information content (AvgIpc) is 2.90. The Kier molecular flexibility index (Phi) is 10.1. The summed E-state index contributed by atoms with van der Waals surface area (Å²) < 4.78 is 18.2. The number of ether oxygens (including phenoxy) is 2. The zero-order valence-corrected chi connectivity index (χ0v) is 23.3. The van der Waals surface area contributed by atoms with Crippen LogP contribution in [0.1, 0.15) is 39.7 Å². The van der Waals surface area contributed by atoms with Gasteiger partial charge in [-0.05, 0) is 33.3 Å². The van der Waals surface area contributed by atoms with Crippen molar-refractivity contribution < 1.29 is 18.7 Å². The molecule has 1 unspecified atom stereocenters. The molecule has 192 valence electrons. The maximum Gasteiger partial charge on any atom is 0.308 e. The predicted octanol–water partition coefficient (Wildman–Crippen LogP) is 5.60. The quantitative estimate of drug-likeness (QED) is 0.238. The number of methoxy groups -OCH3 is 1. The van der Waals surface area contributed by atoms with E-state index in [-0.39, 0.29) is 22.8 Å². The van der Waals surface area contributed by atoms with Gasteiger partial charge in [0.2, 0.25) is 0 Å². The van der Waals surface area contributed by atoms with Crippen molar-refractivity contribution in [3.8, 4) is 0 Å². The summed E-state index contributed by atoms with van der Waals surface area (Å²) in [4.78, 5) is 12.4. The van der Waals surface area contributed by atoms with E-state index in [0.29, 0.717) is 26.2 Å². The monoisotopic (exact) mass is 504 g/mol. The Hall–Kier alpha value is -2.73. The summed E-state index contributed by atoms with van der Waals surface area (Å²) >= 11 is 0. The van der Waals surface area contributed by atoms with Gasteiger partial charge in [0.05, 0.1) is 26.2 Å². The molecule has 0 amide bonds. The Labute approximate surface area is 217 Å². The van der Waals surface area contributed by atoms with Crippen LogP contribution >= 0.6 is 0 Å². The van der Waals surface area contributed by atoms with Crippen LogP contribution < -0.4 is 10.4 Å². The van der Waals surface area contributed by atoms with Gasteiger partial charge in [-0.1, -0.05) is 119 Å². The van der Waals surface area contributed by atoms with Crippen LogP contribution in [0.4, 0.5) is 0 Å². The van der Waals surface area contributed by atoms with Crippen molar-refractivity contribution in [3.05, 3.63) is 96.6 Å². The van der Waals surface area contributed by atoms with Crippen LogP contribution in [0.5, 0.6) is 0 Å². The highest BCUT2D eigenvalue weighted by Gasteiger charge is 2.50. The van der Waals surface area contributed by atoms with E-state index < -0.39 is 8.32 Å². The van der Waals surface area contributed by atoms with E-state index in [1.807, 2.05) is 37.3 Å². The standard InChI is InChI=1S/C31H40O4Si/c1-25(30(32)33-5)27(24-34-23-26-15-9-6-10-16-26)21-22-35-36(31(2,3)4,28-17-11-7-12-18-28)29-19-13-8-14-20-29/h6-20,25,27H,21-24H2,1-5H3/t25?,27-/m1/s1. The SMILES string of the molecule is COC(=O)C(C)[C@H](CCO[Si](c1ccccc1)(c1ccccc1)C(C)(C)C)COCc1ccccc1. The van der Waals surface area contributed by atoms with Crippen LogP contribution in [0, 0.1) is 11.8 Å². The first-order chi connectivity index (χ1) is 17.3. The summed E-state index contributed by atoms with van der Waals surface area (Å²) in [5.41, 5.74) is 1.12. The second-order valence-corrected chi connectivity index (χ2v) is 14.7. The molecule has 0 radical (unpaired) electrons. The molecule has 4 nitrogen and oxygen atoms in total. The highest BCUT2D eigenvalue weighted by Crippen LogP contribution is 2.37. The number of hydrogen-bond acceptors (Lipinski definition) is 4. The molecule has 3 aromatic rings. The van der Waals surface area contributed by atoms with Gasteiger partial charge in [0.15, 0.2) is 0 Å². The molecule has 5 heteroatoms. The summed E-state index contributed by atoms with van der Waals surface area (Å²) in [6.45, 7) is 10.3. The normalized spacial score (nSPS) is 13.7. The van der Waals surface area contributed by atoms with E-state index in [2.05, 4.69) is 81.4 Å². The van der Waals surface area contributed by atoms with Crippen molar-refractivity contribution in [2.24, 2.45) is 11.8 Å². The molecule has 0 spiro atoms. The van der Waals surface area contributed by atoms with Crippen LogP contribution in [0.25, 0.3) is 0 Å². The number of benzene rings is 3. The molecule has 0 saturated carbocycles. The van der Waals surface area contributed by atoms with Gasteiger partial charge < -0.3 is 13.9 Å². The Morgan fingerprint density at radius 2 is 1.33 bits per heavy atom. The van der Waals surface area contributed by atoms with Crippen molar-refractivity contribution in [1.82, 2.24) is 0 Å². The number of carbonyl (C=O) groups is 1. The maximum absolute atomic E-state index is 12.4. The first-order valence-corrected chi connectivity index (χ1v) is 14.6. The molecular weight excluding hydrogens is 464 g/mol. The fourth-order valence-corrected chi connectivity index (χ4v) is 9.46.